The average molecular weight is 240 g/mol. The number of nitrogens with zero attached hydrogens (tertiary/aromatic N) is 1. The molecule has 0 radical (unpaired) electrons. The Bertz CT molecular complexity index is 375. The lowest BCUT2D eigenvalue weighted by Crippen LogP contribution is -2.10. The number of ether oxygens (including phenoxy) is 1. The standard InChI is InChI=1S/C12H20N2OS/c1-15-9-10-8-12(16)14(13-10)11-6-4-2-3-5-7-11/h8,11,13H,2-7,9H2,1H3. The first-order valence-corrected chi connectivity index (χ1v) is 6.51. The molecule has 2 rings (SSSR count). The predicted molar refractivity (Wildman–Crippen MR) is 67.1 cm³/mol. The van der Waals surface area contributed by atoms with E-state index < -0.39 is 0 Å². The van der Waals surface area contributed by atoms with Gasteiger partial charge in [0.2, 0.25) is 0 Å². The highest BCUT2D eigenvalue weighted by atomic mass is 32.1. The summed E-state index contributed by atoms with van der Waals surface area (Å²) in [7, 11) is 1.71. The summed E-state index contributed by atoms with van der Waals surface area (Å²) in [5, 5.41) is 3.37. The molecule has 0 saturated heterocycles. The van der Waals surface area contributed by atoms with Crippen molar-refractivity contribution in [1.29, 1.82) is 0 Å². The number of aromatic nitrogens is 2. The van der Waals surface area contributed by atoms with Gasteiger partial charge in [-0.2, -0.15) is 0 Å². The molecule has 1 heterocycles. The number of nitrogens with one attached hydrogen (secondary N) is 1. The molecule has 1 saturated carbocycles. The quantitative estimate of drug-likeness (QED) is 0.646. The molecule has 0 atom stereocenters. The minimum Gasteiger partial charge on any atom is -0.378 e. The molecule has 1 aromatic heterocycles. The van der Waals surface area contributed by atoms with Crippen LogP contribution >= 0.6 is 12.2 Å². The third-order valence-corrected chi connectivity index (χ3v) is 3.60. The molecule has 1 aromatic rings. The molecule has 90 valence electrons. The highest BCUT2D eigenvalue weighted by Crippen LogP contribution is 2.27. The fraction of sp³-hybridized carbons (Fsp3) is 0.750. The van der Waals surface area contributed by atoms with Crippen LogP contribution in [0.1, 0.15) is 50.3 Å². The Balaban J connectivity index is 2.14. The van der Waals surface area contributed by atoms with Gasteiger partial charge in [0.25, 0.3) is 0 Å². The normalized spacial score (nSPS) is 18.6. The SMILES string of the molecule is COCc1cc(=S)n(C2CCCCCC2)[nH]1. The predicted octanol–water partition coefficient (Wildman–Crippen LogP) is 3.59. The van der Waals surface area contributed by atoms with Crippen molar-refractivity contribution in [3.05, 3.63) is 16.4 Å². The van der Waals surface area contributed by atoms with Crippen molar-refractivity contribution in [3.8, 4) is 0 Å². The van der Waals surface area contributed by atoms with Gasteiger partial charge >= 0.3 is 0 Å². The fourth-order valence-electron chi connectivity index (χ4n) is 2.48. The molecule has 1 aliphatic carbocycles. The Labute approximate surface area is 102 Å². The largest absolute Gasteiger partial charge is 0.378 e. The second-order valence-electron chi connectivity index (χ2n) is 4.57. The molecule has 1 N–H and O–H groups in total. The summed E-state index contributed by atoms with van der Waals surface area (Å²) in [5.41, 5.74) is 1.08. The van der Waals surface area contributed by atoms with Crippen LogP contribution in [0, 0.1) is 4.64 Å². The van der Waals surface area contributed by atoms with E-state index in [1.807, 2.05) is 6.07 Å². The maximum Gasteiger partial charge on any atom is 0.122 e. The van der Waals surface area contributed by atoms with E-state index in [-0.39, 0.29) is 0 Å². The van der Waals surface area contributed by atoms with Crippen LogP contribution in [0.2, 0.25) is 0 Å². The van der Waals surface area contributed by atoms with Crippen LogP contribution in [-0.4, -0.2) is 16.9 Å². The molecule has 0 unspecified atom stereocenters. The number of hydrogen-bond acceptors (Lipinski definition) is 2. The molecule has 0 bridgehead atoms. The second-order valence-corrected chi connectivity index (χ2v) is 4.99. The van der Waals surface area contributed by atoms with E-state index in [2.05, 4.69) is 9.78 Å². The van der Waals surface area contributed by atoms with Crippen LogP contribution in [0.15, 0.2) is 6.07 Å². The van der Waals surface area contributed by atoms with E-state index in [0.717, 1.165) is 10.3 Å². The van der Waals surface area contributed by atoms with E-state index in [1.54, 1.807) is 7.11 Å². The highest BCUT2D eigenvalue weighted by Gasteiger charge is 2.15. The Kier molecular flexibility index (Phi) is 4.18. The zero-order valence-corrected chi connectivity index (χ0v) is 10.7. The molecule has 0 amide bonds. The molecular formula is C12H20N2OS. The third kappa shape index (κ3) is 2.74. The van der Waals surface area contributed by atoms with Gasteiger partial charge in [0, 0.05) is 7.11 Å². The minimum absolute atomic E-state index is 0.570. The van der Waals surface area contributed by atoms with Gasteiger partial charge in [0.05, 0.1) is 18.3 Å². The number of aromatic amines is 1. The maximum atomic E-state index is 5.39. The molecule has 0 spiro atoms. The van der Waals surface area contributed by atoms with Crippen molar-refractivity contribution in [2.45, 2.75) is 51.2 Å². The molecule has 3 nitrogen and oxygen atoms in total. The molecular weight excluding hydrogens is 220 g/mol. The molecule has 1 fully saturated rings. The zero-order chi connectivity index (χ0) is 11.4. The smallest absolute Gasteiger partial charge is 0.122 e. The summed E-state index contributed by atoms with van der Waals surface area (Å²) >= 11 is 5.39. The van der Waals surface area contributed by atoms with Crippen LogP contribution < -0.4 is 0 Å². The van der Waals surface area contributed by atoms with Crippen LogP contribution in [0.3, 0.4) is 0 Å². The van der Waals surface area contributed by atoms with Gasteiger partial charge in [-0.05, 0) is 18.9 Å². The summed E-state index contributed by atoms with van der Waals surface area (Å²) in [4.78, 5) is 0. The van der Waals surface area contributed by atoms with Crippen molar-refractivity contribution < 1.29 is 4.74 Å². The van der Waals surface area contributed by atoms with Crippen LogP contribution in [0.25, 0.3) is 0 Å². The van der Waals surface area contributed by atoms with Gasteiger partial charge in [-0.3, -0.25) is 9.78 Å². The topological polar surface area (TPSA) is 29.9 Å². The van der Waals surface area contributed by atoms with Gasteiger partial charge < -0.3 is 4.74 Å². The van der Waals surface area contributed by atoms with Crippen molar-refractivity contribution >= 4 is 12.2 Å². The monoisotopic (exact) mass is 240 g/mol. The van der Waals surface area contributed by atoms with Gasteiger partial charge in [0.1, 0.15) is 4.64 Å². The van der Waals surface area contributed by atoms with Crippen molar-refractivity contribution in [2.75, 3.05) is 7.11 Å². The van der Waals surface area contributed by atoms with E-state index in [9.17, 15) is 0 Å². The number of hydrogen-bond donors (Lipinski definition) is 1. The first-order valence-electron chi connectivity index (χ1n) is 6.10. The maximum absolute atomic E-state index is 5.39. The lowest BCUT2D eigenvalue weighted by molar-refractivity contribution is 0.180. The summed E-state index contributed by atoms with van der Waals surface area (Å²) in [6.07, 6.45) is 7.89. The zero-order valence-electron chi connectivity index (χ0n) is 9.87. The lowest BCUT2D eigenvalue weighted by Gasteiger charge is -2.15. The van der Waals surface area contributed by atoms with Crippen LogP contribution in [0.4, 0.5) is 0 Å². The van der Waals surface area contributed by atoms with E-state index >= 15 is 0 Å². The molecule has 16 heavy (non-hydrogen) atoms. The Morgan fingerprint density at radius 3 is 2.69 bits per heavy atom. The van der Waals surface area contributed by atoms with E-state index in [1.165, 1.54) is 38.5 Å². The summed E-state index contributed by atoms with van der Waals surface area (Å²) in [6.45, 7) is 0.614. The van der Waals surface area contributed by atoms with E-state index in [0.29, 0.717) is 12.6 Å². The second kappa shape index (κ2) is 5.64. The first-order chi connectivity index (χ1) is 7.81. The minimum atomic E-state index is 0.570. The van der Waals surface area contributed by atoms with Gasteiger partial charge in [-0.25, -0.2) is 0 Å². The van der Waals surface area contributed by atoms with E-state index in [4.69, 9.17) is 17.0 Å². The van der Waals surface area contributed by atoms with Crippen LogP contribution in [-0.2, 0) is 11.3 Å². The lowest BCUT2D eigenvalue weighted by atomic mass is 10.1. The van der Waals surface area contributed by atoms with Crippen molar-refractivity contribution in [1.82, 2.24) is 9.78 Å². The molecule has 0 aliphatic heterocycles. The molecule has 4 heteroatoms. The Morgan fingerprint density at radius 1 is 1.38 bits per heavy atom. The van der Waals surface area contributed by atoms with Gasteiger partial charge in [0.15, 0.2) is 0 Å². The highest BCUT2D eigenvalue weighted by molar-refractivity contribution is 7.71. The number of rotatable bonds is 3. The number of methoxy groups -OCH3 is 1. The molecule has 0 aromatic carbocycles. The Hall–Kier alpha value is -0.610. The van der Waals surface area contributed by atoms with Crippen molar-refractivity contribution in [3.63, 3.8) is 0 Å². The van der Waals surface area contributed by atoms with Gasteiger partial charge in [-0.1, -0.05) is 37.9 Å². The summed E-state index contributed by atoms with van der Waals surface area (Å²) in [5.74, 6) is 0. The van der Waals surface area contributed by atoms with Gasteiger partial charge in [-0.15, -0.1) is 0 Å². The van der Waals surface area contributed by atoms with Crippen LogP contribution in [0.5, 0.6) is 0 Å². The summed E-state index contributed by atoms with van der Waals surface area (Å²) < 4.78 is 8.19. The average Bonchev–Trinajstić information content (AvgIpc) is 2.52. The summed E-state index contributed by atoms with van der Waals surface area (Å²) in [6, 6.07) is 2.59. The fourth-order valence-corrected chi connectivity index (χ4v) is 2.81. The first kappa shape index (κ1) is 11.9. The molecule has 1 aliphatic rings. The third-order valence-electron chi connectivity index (χ3n) is 3.29. The Morgan fingerprint density at radius 2 is 2.06 bits per heavy atom. The van der Waals surface area contributed by atoms with Crippen molar-refractivity contribution in [2.24, 2.45) is 0 Å². The number of H-pyrrole nitrogens is 1.